The summed E-state index contributed by atoms with van der Waals surface area (Å²) < 4.78 is 92.4. The molecule has 2 heterocycles. The highest BCUT2D eigenvalue weighted by Crippen LogP contribution is 2.31. The lowest BCUT2D eigenvalue weighted by atomic mass is 10.1. The van der Waals surface area contributed by atoms with E-state index in [1.54, 1.807) is 36.4 Å². The van der Waals surface area contributed by atoms with Gasteiger partial charge in [-0.25, -0.2) is 27.0 Å². The maximum absolute atomic E-state index is 13.3. The smallest absolute Gasteiger partial charge is 0.316 e. The van der Waals surface area contributed by atoms with Crippen molar-refractivity contribution in [1.29, 1.82) is 0 Å². The molecular weight excluding hydrogens is 689 g/mol. The van der Waals surface area contributed by atoms with E-state index in [-0.39, 0.29) is 32.5 Å². The van der Waals surface area contributed by atoms with E-state index < -0.39 is 31.8 Å². The van der Waals surface area contributed by atoms with Crippen LogP contribution >= 0.6 is 28.3 Å². The molecule has 43 heavy (non-hydrogen) atoms. The predicted octanol–water partition coefficient (Wildman–Crippen LogP) is 5.72. The van der Waals surface area contributed by atoms with Crippen molar-refractivity contribution in [3.05, 3.63) is 94.1 Å². The normalized spacial score (nSPS) is 15.0. The molecule has 0 saturated carbocycles. The van der Waals surface area contributed by atoms with Gasteiger partial charge in [-0.05, 0) is 72.9 Å². The first-order chi connectivity index (χ1) is 19.8. The molecule has 1 fully saturated rings. The topological polar surface area (TPSA) is 115 Å². The summed E-state index contributed by atoms with van der Waals surface area (Å²) in [5.74, 6) is 0. The Balaban J connectivity index is 0.00000423. The average molecular weight is 718 g/mol. The fourth-order valence-corrected chi connectivity index (χ4v) is 7.68. The van der Waals surface area contributed by atoms with Crippen LogP contribution < -0.4 is 9.94 Å². The first-order valence-corrected chi connectivity index (χ1v) is 16.8. The molecular formula is C28H28BrF3N4O4S3. The fourth-order valence-electron chi connectivity index (χ4n) is 4.69. The van der Waals surface area contributed by atoms with Crippen molar-refractivity contribution >= 4 is 54.1 Å². The Labute approximate surface area is 262 Å². The second-order valence-corrected chi connectivity index (χ2v) is 14.1. The van der Waals surface area contributed by atoms with Gasteiger partial charge < -0.3 is 4.57 Å². The van der Waals surface area contributed by atoms with Gasteiger partial charge in [0.25, 0.3) is 0 Å². The zero-order valence-electron chi connectivity index (χ0n) is 22.6. The summed E-state index contributed by atoms with van der Waals surface area (Å²) in [6.07, 6.45) is -2.40. The number of aryl methyl sites for hydroxylation is 1. The number of hydrogen-bond acceptors (Lipinski definition) is 6. The fraction of sp³-hybridized carbons (Fsp3) is 0.250. The number of rotatable bonds is 8. The van der Waals surface area contributed by atoms with Crippen LogP contribution in [-0.2, 0) is 39.2 Å². The van der Waals surface area contributed by atoms with Crippen LogP contribution in [0.3, 0.4) is 0 Å². The highest BCUT2D eigenvalue weighted by atomic mass is 79.9. The summed E-state index contributed by atoms with van der Waals surface area (Å²) >= 11 is 1.24. The van der Waals surface area contributed by atoms with Crippen molar-refractivity contribution in [3.8, 4) is 11.3 Å². The Hall–Kier alpha value is -2.82. The van der Waals surface area contributed by atoms with Gasteiger partial charge in [-0.1, -0.05) is 30.3 Å². The number of nitrogens with two attached hydrogens (primary N) is 1. The molecule has 0 unspecified atom stereocenters. The van der Waals surface area contributed by atoms with E-state index in [9.17, 15) is 30.0 Å². The number of benzene rings is 3. The maximum Gasteiger partial charge on any atom is 0.416 e. The first kappa shape index (κ1) is 33.1. The van der Waals surface area contributed by atoms with Crippen LogP contribution in [0.15, 0.2) is 93.0 Å². The van der Waals surface area contributed by atoms with Crippen molar-refractivity contribution < 1.29 is 30.0 Å². The van der Waals surface area contributed by atoms with Crippen molar-refractivity contribution in [3.63, 3.8) is 0 Å². The van der Waals surface area contributed by atoms with Crippen LogP contribution in [0.2, 0.25) is 0 Å². The van der Waals surface area contributed by atoms with Crippen LogP contribution in [0.1, 0.15) is 24.0 Å². The zero-order chi connectivity index (χ0) is 30.1. The van der Waals surface area contributed by atoms with Crippen molar-refractivity contribution in [1.82, 2.24) is 8.87 Å². The summed E-state index contributed by atoms with van der Waals surface area (Å²) in [4.78, 5) is 5.13. The molecule has 1 aliphatic rings. The highest BCUT2D eigenvalue weighted by molar-refractivity contribution is 8.93. The molecule has 1 aliphatic heterocycles. The van der Waals surface area contributed by atoms with Crippen LogP contribution in [0, 0.1) is 0 Å². The third-order valence-corrected chi connectivity index (χ3v) is 10.6. The number of hydrogen-bond donors (Lipinski definition) is 1. The van der Waals surface area contributed by atoms with Gasteiger partial charge in [0, 0.05) is 25.0 Å². The Morgan fingerprint density at radius 2 is 1.51 bits per heavy atom. The molecule has 0 bridgehead atoms. The van der Waals surface area contributed by atoms with Gasteiger partial charge in [0.05, 0.1) is 26.7 Å². The van der Waals surface area contributed by atoms with E-state index >= 15 is 0 Å². The largest absolute Gasteiger partial charge is 0.416 e. The number of aromatic nitrogens is 1. The molecule has 0 aliphatic carbocycles. The van der Waals surface area contributed by atoms with E-state index in [4.69, 9.17) is 5.14 Å². The second-order valence-electron chi connectivity index (χ2n) is 9.79. The van der Waals surface area contributed by atoms with E-state index in [0.717, 1.165) is 30.5 Å². The standard InChI is InChI=1S/C28H27F3N4O4S3.BrH/c29-28(30,31)22-4-3-5-23(18-22)33-27-35(17-14-20-6-10-24(11-7-20)41(32,36)37)26(19-40-27)21-8-12-25(13-9-21)42(38,39)34-15-1-2-16-34;/h3-13,18-19H,1-2,14-17H2,(H2,32,36,37);1H. The Morgan fingerprint density at radius 3 is 2.12 bits per heavy atom. The molecule has 3 aromatic carbocycles. The third kappa shape index (κ3) is 7.64. The predicted molar refractivity (Wildman–Crippen MR) is 164 cm³/mol. The van der Waals surface area contributed by atoms with Crippen LogP contribution in [0.5, 0.6) is 0 Å². The minimum Gasteiger partial charge on any atom is -0.316 e. The monoisotopic (exact) mass is 716 g/mol. The van der Waals surface area contributed by atoms with Crippen molar-refractivity contribution in [2.24, 2.45) is 10.1 Å². The molecule has 8 nitrogen and oxygen atoms in total. The summed E-state index contributed by atoms with van der Waals surface area (Å²) in [5, 5.41) is 7.01. The molecule has 230 valence electrons. The Bertz CT molecular complexity index is 1870. The highest BCUT2D eigenvalue weighted by Gasteiger charge is 2.30. The summed E-state index contributed by atoms with van der Waals surface area (Å²) in [6.45, 7) is 1.35. The number of thiazole rings is 1. The molecule has 5 rings (SSSR count). The maximum atomic E-state index is 13.3. The summed E-state index contributed by atoms with van der Waals surface area (Å²) in [7, 11) is -7.43. The van der Waals surface area contributed by atoms with Gasteiger partial charge in [-0.2, -0.15) is 17.5 Å². The lowest BCUT2D eigenvalue weighted by Crippen LogP contribution is -2.27. The molecule has 4 aromatic rings. The molecule has 15 heteroatoms. The lowest BCUT2D eigenvalue weighted by Gasteiger charge is -2.16. The number of primary sulfonamides is 1. The van der Waals surface area contributed by atoms with Crippen molar-refractivity contribution in [2.45, 2.75) is 41.8 Å². The molecule has 0 atom stereocenters. The number of halogens is 4. The number of sulfonamides is 2. The molecule has 0 radical (unpaired) electrons. The Morgan fingerprint density at radius 1 is 0.884 bits per heavy atom. The van der Waals surface area contributed by atoms with Crippen LogP contribution in [0.25, 0.3) is 11.3 Å². The quantitative estimate of drug-likeness (QED) is 0.251. The minimum atomic E-state index is -4.51. The van der Waals surface area contributed by atoms with Gasteiger partial charge in [0.15, 0.2) is 4.80 Å². The van der Waals surface area contributed by atoms with Gasteiger partial charge >= 0.3 is 6.18 Å². The van der Waals surface area contributed by atoms with Gasteiger partial charge in [0.2, 0.25) is 20.0 Å². The number of alkyl halides is 3. The minimum absolute atomic E-state index is 0. The van der Waals surface area contributed by atoms with Crippen LogP contribution in [-0.4, -0.2) is 38.8 Å². The van der Waals surface area contributed by atoms with E-state index in [1.807, 2.05) is 9.95 Å². The molecule has 0 amide bonds. The summed E-state index contributed by atoms with van der Waals surface area (Å²) in [6, 6.07) is 17.4. The van der Waals surface area contributed by atoms with Gasteiger partial charge in [-0.15, -0.1) is 28.3 Å². The lowest BCUT2D eigenvalue weighted by molar-refractivity contribution is -0.137. The second kappa shape index (κ2) is 13.0. The van der Waals surface area contributed by atoms with Crippen LogP contribution in [0.4, 0.5) is 18.9 Å². The number of nitrogens with zero attached hydrogens (tertiary/aromatic N) is 3. The SMILES string of the molecule is Br.NS(=O)(=O)c1ccc(CCn2c(-c3ccc(S(=O)(=O)N4CCCC4)cc3)csc2=Nc2cccc(C(F)(F)F)c2)cc1. The molecule has 1 saturated heterocycles. The van der Waals surface area contributed by atoms with E-state index in [2.05, 4.69) is 4.99 Å². The third-order valence-electron chi connectivity index (χ3n) is 6.92. The summed E-state index contributed by atoms with van der Waals surface area (Å²) in [5.41, 5.74) is 1.55. The van der Waals surface area contributed by atoms with E-state index in [0.29, 0.717) is 42.1 Å². The molecule has 2 N–H and O–H groups in total. The van der Waals surface area contributed by atoms with Gasteiger partial charge in [0.1, 0.15) is 0 Å². The molecule has 1 aromatic heterocycles. The first-order valence-electron chi connectivity index (χ1n) is 12.9. The van der Waals surface area contributed by atoms with E-state index in [1.165, 1.54) is 39.9 Å². The van der Waals surface area contributed by atoms with Crippen molar-refractivity contribution in [2.75, 3.05) is 13.1 Å². The average Bonchev–Trinajstić information content (AvgIpc) is 3.63. The molecule has 0 spiro atoms. The van der Waals surface area contributed by atoms with Gasteiger partial charge in [-0.3, -0.25) is 0 Å². The Kier molecular flexibility index (Phi) is 10.0. The zero-order valence-corrected chi connectivity index (χ0v) is 26.7.